The van der Waals surface area contributed by atoms with Crippen LogP contribution in [0.1, 0.15) is 39.7 Å². The predicted octanol–water partition coefficient (Wildman–Crippen LogP) is 3.38. The fourth-order valence-corrected chi connectivity index (χ4v) is 2.33. The van der Waals surface area contributed by atoms with Crippen molar-refractivity contribution < 1.29 is 14.0 Å². The average molecular weight is 292 g/mol. The fraction of sp³-hybridized carbons (Fsp3) is 0.611. The molecular formula is C18H30NO2+. The molecule has 0 saturated heterocycles. The van der Waals surface area contributed by atoms with E-state index in [1.165, 1.54) is 0 Å². The van der Waals surface area contributed by atoms with E-state index in [1.807, 2.05) is 44.2 Å². The van der Waals surface area contributed by atoms with Crippen LogP contribution in [0.3, 0.4) is 0 Å². The minimum Gasteiger partial charge on any atom is -0.459 e. The lowest BCUT2D eigenvalue weighted by molar-refractivity contribution is -0.906. The van der Waals surface area contributed by atoms with Gasteiger partial charge in [0.15, 0.2) is 0 Å². The molecule has 0 fully saturated rings. The van der Waals surface area contributed by atoms with Gasteiger partial charge in [-0.1, -0.05) is 37.3 Å². The zero-order valence-electron chi connectivity index (χ0n) is 14.2. The lowest BCUT2D eigenvalue weighted by Gasteiger charge is -2.32. The normalized spacial score (nSPS) is 14.5. The van der Waals surface area contributed by atoms with Crippen molar-refractivity contribution in [3.63, 3.8) is 0 Å². The van der Waals surface area contributed by atoms with E-state index >= 15 is 0 Å². The second kappa shape index (κ2) is 7.60. The largest absolute Gasteiger partial charge is 0.459 e. The number of esters is 1. The van der Waals surface area contributed by atoms with Crippen molar-refractivity contribution in [1.29, 1.82) is 0 Å². The molecule has 1 aromatic rings. The Hall–Kier alpha value is -1.35. The van der Waals surface area contributed by atoms with E-state index in [0.29, 0.717) is 6.61 Å². The summed E-state index contributed by atoms with van der Waals surface area (Å²) in [5, 5.41) is 0. The maximum absolute atomic E-state index is 12.5. The van der Waals surface area contributed by atoms with Crippen molar-refractivity contribution in [1.82, 2.24) is 0 Å². The summed E-state index contributed by atoms with van der Waals surface area (Å²) in [7, 11) is 2.20. The number of ether oxygens (including phenoxy) is 1. The molecule has 3 nitrogen and oxygen atoms in total. The number of rotatable bonds is 8. The predicted molar refractivity (Wildman–Crippen MR) is 87.2 cm³/mol. The molecule has 1 aromatic carbocycles. The summed E-state index contributed by atoms with van der Waals surface area (Å²) in [6, 6.07) is 9.92. The molecule has 0 spiro atoms. The van der Waals surface area contributed by atoms with E-state index < -0.39 is 5.41 Å². The Balaban J connectivity index is 2.69. The van der Waals surface area contributed by atoms with E-state index in [9.17, 15) is 4.79 Å². The number of nitrogens with zero attached hydrogens (tertiary/aromatic N) is 1. The highest BCUT2D eigenvalue weighted by Gasteiger charge is 2.35. The number of quaternary nitrogens is 1. The Morgan fingerprint density at radius 1 is 1.14 bits per heavy atom. The lowest BCUT2D eigenvalue weighted by Crippen LogP contribution is -2.46. The summed E-state index contributed by atoms with van der Waals surface area (Å²) in [6.07, 6.45) is 0.740. The minimum atomic E-state index is -0.552. The summed E-state index contributed by atoms with van der Waals surface area (Å²) in [6.45, 7) is 11.8. The quantitative estimate of drug-likeness (QED) is 0.542. The molecule has 1 atom stereocenters. The molecule has 0 aromatic heterocycles. The lowest BCUT2D eigenvalue weighted by atomic mass is 9.80. The van der Waals surface area contributed by atoms with Crippen LogP contribution in [-0.4, -0.2) is 43.7 Å². The van der Waals surface area contributed by atoms with Crippen molar-refractivity contribution in [3.05, 3.63) is 35.9 Å². The van der Waals surface area contributed by atoms with Crippen LogP contribution < -0.4 is 0 Å². The van der Waals surface area contributed by atoms with Gasteiger partial charge >= 0.3 is 5.97 Å². The fourth-order valence-electron chi connectivity index (χ4n) is 2.33. The summed E-state index contributed by atoms with van der Waals surface area (Å²) in [5.74, 6) is -0.116. The first-order valence-electron chi connectivity index (χ1n) is 7.98. The summed E-state index contributed by atoms with van der Waals surface area (Å²) in [4.78, 5) is 12.5. The van der Waals surface area contributed by atoms with E-state index in [2.05, 4.69) is 20.9 Å². The smallest absolute Gasteiger partial charge is 0.316 e. The van der Waals surface area contributed by atoms with Gasteiger partial charge < -0.3 is 9.22 Å². The van der Waals surface area contributed by atoms with Gasteiger partial charge in [0.25, 0.3) is 0 Å². The first-order valence-corrected chi connectivity index (χ1v) is 7.98. The molecule has 21 heavy (non-hydrogen) atoms. The number of carbonyl (C=O) groups excluding carboxylic acids is 1. The first kappa shape index (κ1) is 17.7. The Morgan fingerprint density at radius 2 is 1.71 bits per heavy atom. The maximum Gasteiger partial charge on any atom is 0.316 e. The molecule has 0 amide bonds. The van der Waals surface area contributed by atoms with Crippen LogP contribution in [0.2, 0.25) is 0 Å². The molecule has 0 heterocycles. The summed E-state index contributed by atoms with van der Waals surface area (Å²) < 4.78 is 6.53. The average Bonchev–Trinajstić information content (AvgIpc) is 2.54. The van der Waals surface area contributed by atoms with Crippen LogP contribution in [0.25, 0.3) is 0 Å². The highest BCUT2D eigenvalue weighted by molar-refractivity contribution is 5.82. The summed E-state index contributed by atoms with van der Waals surface area (Å²) in [5.41, 5.74) is 0.476. The van der Waals surface area contributed by atoms with Gasteiger partial charge in [0.2, 0.25) is 0 Å². The van der Waals surface area contributed by atoms with Crippen molar-refractivity contribution in [2.24, 2.45) is 0 Å². The van der Waals surface area contributed by atoms with Crippen LogP contribution in [0.15, 0.2) is 30.3 Å². The van der Waals surface area contributed by atoms with Crippen LogP contribution in [0, 0.1) is 0 Å². The standard InChI is InChI=1S/C18H30NO2/c1-6-18(4,16-12-10-9-11-13-16)17(20)21-15-14-19(5,7-2)8-3/h9-13H,6-8,14-15H2,1-5H3/q+1/t18-/m0/s1. The number of carbonyl (C=O) groups is 1. The minimum absolute atomic E-state index is 0.116. The second-order valence-electron chi connectivity index (χ2n) is 6.16. The Kier molecular flexibility index (Phi) is 6.41. The van der Waals surface area contributed by atoms with Gasteiger partial charge in [-0.25, -0.2) is 0 Å². The molecule has 0 saturated carbocycles. The second-order valence-corrected chi connectivity index (χ2v) is 6.16. The molecule has 1 rings (SSSR count). The first-order chi connectivity index (χ1) is 9.91. The Bertz CT molecular complexity index is 440. The zero-order valence-corrected chi connectivity index (χ0v) is 14.2. The molecule has 0 bridgehead atoms. The molecule has 0 aliphatic carbocycles. The SMILES string of the molecule is CC[C@](C)(C(=O)OCC[N+](C)(CC)CC)c1ccccc1. The third-order valence-corrected chi connectivity index (χ3v) is 4.96. The highest BCUT2D eigenvalue weighted by Crippen LogP contribution is 2.28. The molecule has 0 aliphatic heterocycles. The van der Waals surface area contributed by atoms with Crippen LogP contribution in [-0.2, 0) is 14.9 Å². The topological polar surface area (TPSA) is 26.3 Å². The highest BCUT2D eigenvalue weighted by atomic mass is 16.5. The van der Waals surface area contributed by atoms with Crippen molar-refractivity contribution in [3.8, 4) is 0 Å². The molecule has 0 N–H and O–H groups in total. The molecule has 0 aliphatic rings. The Labute approximate surface area is 129 Å². The van der Waals surface area contributed by atoms with Crippen LogP contribution in [0.4, 0.5) is 0 Å². The van der Waals surface area contributed by atoms with Gasteiger partial charge in [0, 0.05) is 0 Å². The van der Waals surface area contributed by atoms with Gasteiger partial charge in [0.1, 0.15) is 13.2 Å². The summed E-state index contributed by atoms with van der Waals surface area (Å²) >= 11 is 0. The molecule has 0 radical (unpaired) electrons. The maximum atomic E-state index is 12.5. The van der Waals surface area contributed by atoms with Gasteiger partial charge in [-0.2, -0.15) is 0 Å². The van der Waals surface area contributed by atoms with Gasteiger partial charge in [-0.05, 0) is 32.8 Å². The van der Waals surface area contributed by atoms with Gasteiger partial charge in [-0.15, -0.1) is 0 Å². The zero-order chi connectivity index (χ0) is 15.9. The molecular weight excluding hydrogens is 262 g/mol. The monoisotopic (exact) mass is 292 g/mol. The van der Waals surface area contributed by atoms with Gasteiger partial charge in [-0.3, -0.25) is 4.79 Å². The third kappa shape index (κ3) is 4.31. The van der Waals surface area contributed by atoms with Crippen molar-refractivity contribution >= 4 is 5.97 Å². The number of benzene rings is 1. The van der Waals surface area contributed by atoms with E-state index in [4.69, 9.17) is 4.74 Å². The van der Waals surface area contributed by atoms with Gasteiger partial charge in [0.05, 0.1) is 25.6 Å². The van der Waals surface area contributed by atoms with E-state index in [0.717, 1.165) is 36.1 Å². The third-order valence-electron chi connectivity index (χ3n) is 4.96. The van der Waals surface area contributed by atoms with Crippen molar-refractivity contribution in [2.75, 3.05) is 33.3 Å². The Morgan fingerprint density at radius 3 is 2.19 bits per heavy atom. The number of hydrogen-bond donors (Lipinski definition) is 0. The van der Waals surface area contributed by atoms with Crippen molar-refractivity contribution in [2.45, 2.75) is 39.5 Å². The molecule has 118 valence electrons. The van der Waals surface area contributed by atoms with Crippen LogP contribution >= 0.6 is 0 Å². The molecule has 3 heteroatoms. The number of hydrogen-bond acceptors (Lipinski definition) is 2. The van der Waals surface area contributed by atoms with E-state index in [-0.39, 0.29) is 5.97 Å². The molecule has 0 unspecified atom stereocenters. The van der Waals surface area contributed by atoms with Crippen LogP contribution in [0.5, 0.6) is 0 Å². The number of likely N-dealkylation sites (N-methyl/N-ethyl adjacent to an activating group) is 1. The van der Waals surface area contributed by atoms with E-state index in [1.54, 1.807) is 0 Å².